The number of aromatic nitrogens is 1. The van der Waals surface area contributed by atoms with Crippen molar-refractivity contribution in [3.05, 3.63) is 52.5 Å². The Morgan fingerprint density at radius 1 is 1.34 bits per heavy atom. The van der Waals surface area contributed by atoms with Gasteiger partial charge in [0.2, 0.25) is 5.91 Å². The van der Waals surface area contributed by atoms with E-state index in [-0.39, 0.29) is 42.4 Å². The molecular formula is C23H25FN4O3S. The maximum Gasteiger partial charge on any atom is 0.239 e. The van der Waals surface area contributed by atoms with Gasteiger partial charge in [-0.2, -0.15) is 5.26 Å². The van der Waals surface area contributed by atoms with Gasteiger partial charge in [0.1, 0.15) is 17.7 Å². The molecule has 2 aromatic rings. The van der Waals surface area contributed by atoms with E-state index in [2.05, 4.69) is 17.3 Å². The number of rotatable bonds is 7. The highest BCUT2D eigenvalue weighted by atomic mass is 32.2. The largest absolute Gasteiger partial charge is 0.326 e. The maximum absolute atomic E-state index is 13.3. The average Bonchev–Trinajstić information content (AvgIpc) is 3.21. The molecule has 168 valence electrons. The van der Waals surface area contributed by atoms with E-state index in [9.17, 15) is 22.9 Å². The molecule has 0 aliphatic carbocycles. The Labute approximate surface area is 187 Å². The van der Waals surface area contributed by atoms with Crippen molar-refractivity contribution in [2.75, 3.05) is 29.9 Å². The number of anilines is 1. The van der Waals surface area contributed by atoms with Gasteiger partial charge in [-0.15, -0.1) is 6.42 Å². The summed E-state index contributed by atoms with van der Waals surface area (Å²) in [6.45, 7) is 4.06. The Morgan fingerprint density at radius 2 is 2.03 bits per heavy atom. The van der Waals surface area contributed by atoms with Crippen LogP contribution in [0, 0.1) is 43.3 Å². The fraction of sp³-hybridized carbons (Fsp3) is 0.391. The molecule has 32 heavy (non-hydrogen) atoms. The lowest BCUT2D eigenvalue weighted by atomic mass is 10.2. The lowest BCUT2D eigenvalue weighted by molar-refractivity contribution is -0.117. The van der Waals surface area contributed by atoms with Gasteiger partial charge in [0, 0.05) is 18.3 Å². The van der Waals surface area contributed by atoms with Gasteiger partial charge in [0.05, 0.1) is 30.2 Å². The van der Waals surface area contributed by atoms with Crippen molar-refractivity contribution >= 4 is 21.6 Å². The number of nitrogens with zero attached hydrogens (tertiary/aromatic N) is 3. The number of hydrogen-bond acceptors (Lipinski definition) is 5. The second kappa shape index (κ2) is 9.56. The molecule has 0 unspecified atom stereocenters. The minimum Gasteiger partial charge on any atom is -0.326 e. The lowest BCUT2D eigenvalue weighted by Gasteiger charge is -2.25. The average molecular weight is 457 g/mol. The second-order valence-electron chi connectivity index (χ2n) is 7.97. The summed E-state index contributed by atoms with van der Waals surface area (Å²) in [5.41, 5.74) is 2.72. The molecule has 1 atom stereocenters. The van der Waals surface area contributed by atoms with Crippen LogP contribution in [0.2, 0.25) is 0 Å². The molecule has 1 aliphatic rings. The summed E-state index contributed by atoms with van der Waals surface area (Å²) < 4.78 is 38.8. The topological polar surface area (TPSA) is 95.2 Å². The molecular weight excluding hydrogens is 431 g/mol. The van der Waals surface area contributed by atoms with Crippen LogP contribution in [0.4, 0.5) is 10.2 Å². The summed E-state index contributed by atoms with van der Waals surface area (Å²) >= 11 is 0. The van der Waals surface area contributed by atoms with Gasteiger partial charge >= 0.3 is 0 Å². The zero-order valence-electron chi connectivity index (χ0n) is 18.1. The molecule has 9 heteroatoms. The summed E-state index contributed by atoms with van der Waals surface area (Å²) in [6, 6.07) is 7.85. The standard InChI is InChI=1S/C23H25FN4O3S/c1-4-10-27(20-9-11-32(30,31)15-20)14-22(29)26-23-21(12-25)16(2)17(3)28(23)13-18-5-7-19(24)8-6-18/h1,5-8,20H,9-11,13-15H2,2-3H3,(H,26,29)/t20-/m0/s1. The SMILES string of the molecule is C#CCN(CC(=O)Nc1c(C#N)c(C)c(C)n1Cc1ccc(F)cc1)[C@H]1CCS(=O)(=O)C1. The predicted molar refractivity (Wildman–Crippen MR) is 120 cm³/mol. The fourth-order valence-corrected chi connectivity index (χ4v) is 5.71. The molecule has 3 rings (SSSR count). The van der Waals surface area contributed by atoms with Gasteiger partial charge in [0.15, 0.2) is 9.84 Å². The van der Waals surface area contributed by atoms with Crippen LogP contribution in [0.3, 0.4) is 0 Å². The molecule has 1 aromatic heterocycles. The van der Waals surface area contributed by atoms with Gasteiger partial charge in [0.25, 0.3) is 0 Å². The minimum absolute atomic E-state index is 0.0232. The number of halogens is 1. The molecule has 1 amide bonds. The molecule has 0 bridgehead atoms. The van der Waals surface area contributed by atoms with Crippen molar-refractivity contribution in [3.8, 4) is 18.4 Å². The highest BCUT2D eigenvalue weighted by molar-refractivity contribution is 7.91. The van der Waals surface area contributed by atoms with Crippen molar-refractivity contribution in [2.24, 2.45) is 0 Å². The van der Waals surface area contributed by atoms with Crippen LogP contribution in [0.1, 0.15) is 28.8 Å². The van der Waals surface area contributed by atoms with E-state index >= 15 is 0 Å². The van der Waals surface area contributed by atoms with E-state index in [1.165, 1.54) is 12.1 Å². The van der Waals surface area contributed by atoms with Crippen LogP contribution in [0.15, 0.2) is 24.3 Å². The first-order chi connectivity index (χ1) is 15.1. The first-order valence-electron chi connectivity index (χ1n) is 10.2. The summed E-state index contributed by atoms with van der Waals surface area (Å²) in [5, 5.41) is 12.5. The van der Waals surface area contributed by atoms with E-state index in [0.29, 0.717) is 24.3 Å². The highest BCUT2D eigenvalue weighted by Crippen LogP contribution is 2.27. The number of hydrogen-bond donors (Lipinski definition) is 1. The zero-order valence-corrected chi connectivity index (χ0v) is 18.9. The number of amides is 1. The van der Waals surface area contributed by atoms with Gasteiger partial charge in [-0.25, -0.2) is 12.8 Å². The third-order valence-electron chi connectivity index (χ3n) is 5.82. The Kier molecular flexibility index (Phi) is 7.02. The quantitative estimate of drug-likeness (QED) is 0.645. The second-order valence-corrected chi connectivity index (χ2v) is 10.2. The normalized spacial score (nSPS) is 17.1. The van der Waals surface area contributed by atoms with Crippen molar-refractivity contribution in [1.29, 1.82) is 5.26 Å². The van der Waals surface area contributed by atoms with Gasteiger partial charge in [-0.1, -0.05) is 18.1 Å². The first-order valence-corrected chi connectivity index (χ1v) is 12.0. The molecule has 1 aromatic carbocycles. The Bertz CT molecular complexity index is 1200. The fourth-order valence-electron chi connectivity index (χ4n) is 3.95. The number of carbonyl (C=O) groups is 1. The smallest absolute Gasteiger partial charge is 0.239 e. The molecule has 1 N–H and O–H groups in total. The zero-order chi connectivity index (χ0) is 23.5. The van der Waals surface area contributed by atoms with Crippen LogP contribution in [0.5, 0.6) is 0 Å². The summed E-state index contributed by atoms with van der Waals surface area (Å²) in [5.74, 6) is 2.17. The summed E-state index contributed by atoms with van der Waals surface area (Å²) in [4.78, 5) is 14.6. The van der Waals surface area contributed by atoms with Crippen LogP contribution in [-0.4, -0.2) is 54.4 Å². The van der Waals surface area contributed by atoms with Crippen molar-refractivity contribution in [2.45, 2.75) is 32.9 Å². The van der Waals surface area contributed by atoms with E-state index in [0.717, 1.165) is 16.8 Å². The summed E-state index contributed by atoms with van der Waals surface area (Å²) in [7, 11) is -3.13. The van der Waals surface area contributed by atoms with Gasteiger partial charge < -0.3 is 9.88 Å². The molecule has 7 nitrogen and oxygen atoms in total. The Balaban J connectivity index is 1.84. The number of benzene rings is 1. The molecule has 1 aliphatic heterocycles. The Hall–Kier alpha value is -3.14. The van der Waals surface area contributed by atoms with Crippen molar-refractivity contribution in [3.63, 3.8) is 0 Å². The number of carbonyl (C=O) groups excluding carboxylic acids is 1. The summed E-state index contributed by atoms with van der Waals surface area (Å²) in [6.07, 6.45) is 5.87. The highest BCUT2D eigenvalue weighted by Gasteiger charge is 2.33. The number of nitrogens with one attached hydrogen (secondary N) is 1. The van der Waals surface area contributed by atoms with Gasteiger partial charge in [-0.3, -0.25) is 9.69 Å². The molecule has 0 spiro atoms. The van der Waals surface area contributed by atoms with Crippen molar-refractivity contribution < 1.29 is 17.6 Å². The maximum atomic E-state index is 13.3. The third kappa shape index (κ3) is 5.18. The molecule has 1 fully saturated rings. The number of sulfone groups is 1. The van der Waals surface area contributed by atoms with Crippen LogP contribution >= 0.6 is 0 Å². The Morgan fingerprint density at radius 3 is 2.59 bits per heavy atom. The van der Waals surface area contributed by atoms with E-state index < -0.39 is 9.84 Å². The van der Waals surface area contributed by atoms with Crippen LogP contribution < -0.4 is 5.32 Å². The third-order valence-corrected chi connectivity index (χ3v) is 7.57. The minimum atomic E-state index is -3.13. The lowest BCUT2D eigenvalue weighted by Crippen LogP contribution is -2.42. The first kappa shape index (κ1) is 23.5. The van der Waals surface area contributed by atoms with Crippen LogP contribution in [-0.2, 0) is 21.2 Å². The van der Waals surface area contributed by atoms with Crippen LogP contribution in [0.25, 0.3) is 0 Å². The van der Waals surface area contributed by atoms with Gasteiger partial charge in [-0.05, 0) is 43.5 Å². The van der Waals surface area contributed by atoms with E-state index in [1.807, 2.05) is 11.5 Å². The van der Waals surface area contributed by atoms with E-state index in [1.54, 1.807) is 24.0 Å². The molecule has 2 heterocycles. The molecule has 0 saturated carbocycles. The molecule has 1 saturated heterocycles. The predicted octanol–water partition coefficient (Wildman–Crippen LogP) is 2.22. The number of nitriles is 1. The van der Waals surface area contributed by atoms with E-state index in [4.69, 9.17) is 6.42 Å². The monoisotopic (exact) mass is 456 g/mol. The molecule has 0 radical (unpaired) electrons. The van der Waals surface area contributed by atoms with Crippen molar-refractivity contribution in [1.82, 2.24) is 9.47 Å². The number of terminal acetylenes is 1.